The number of rotatable bonds is 1. The summed E-state index contributed by atoms with van der Waals surface area (Å²) in [6.45, 7) is 3.99. The van der Waals surface area contributed by atoms with Gasteiger partial charge >= 0.3 is 0 Å². The van der Waals surface area contributed by atoms with Crippen LogP contribution < -0.4 is 0 Å². The Morgan fingerprint density at radius 1 is 1.33 bits per heavy atom. The van der Waals surface area contributed by atoms with Gasteiger partial charge < -0.3 is 0 Å². The van der Waals surface area contributed by atoms with Gasteiger partial charge in [-0.2, -0.15) is 0 Å². The van der Waals surface area contributed by atoms with Crippen LogP contribution in [0.1, 0.15) is 26.7 Å². The molecule has 66 valence electrons. The molecule has 0 radical (unpaired) electrons. The van der Waals surface area contributed by atoms with Crippen LogP contribution in [0, 0.1) is 10.1 Å². The molecule has 1 aliphatic rings. The van der Waals surface area contributed by atoms with Crippen LogP contribution >= 0.6 is 0 Å². The zero-order chi connectivity index (χ0) is 9.14. The zero-order valence-electron chi connectivity index (χ0n) is 7.41. The van der Waals surface area contributed by atoms with Crippen LogP contribution in [0.3, 0.4) is 0 Å². The van der Waals surface area contributed by atoms with E-state index in [9.17, 15) is 10.1 Å². The van der Waals surface area contributed by atoms with Crippen molar-refractivity contribution in [1.29, 1.82) is 0 Å². The predicted molar refractivity (Wildman–Crippen MR) is 47.5 cm³/mol. The third-order valence-electron chi connectivity index (χ3n) is 2.31. The minimum absolute atomic E-state index is 0.196. The summed E-state index contributed by atoms with van der Waals surface area (Å²) in [5.41, 5.74) is 2.33. The minimum Gasteiger partial charge on any atom is -0.264 e. The smallest absolute Gasteiger partial charge is 0.220 e. The van der Waals surface area contributed by atoms with Gasteiger partial charge in [0.05, 0.1) is 0 Å². The van der Waals surface area contributed by atoms with Crippen molar-refractivity contribution in [2.75, 3.05) is 0 Å². The molecule has 0 heterocycles. The van der Waals surface area contributed by atoms with Crippen LogP contribution in [0.25, 0.3) is 0 Å². The molecule has 1 aliphatic carbocycles. The van der Waals surface area contributed by atoms with Gasteiger partial charge in [0, 0.05) is 17.8 Å². The molecule has 0 unspecified atom stereocenters. The SMILES string of the molecule is CC1=CCC([N+](=O)[O-])CC=C1C. The maximum atomic E-state index is 10.5. The summed E-state index contributed by atoms with van der Waals surface area (Å²) in [5.74, 6) is 0. The van der Waals surface area contributed by atoms with E-state index < -0.39 is 6.04 Å². The van der Waals surface area contributed by atoms with Crippen LogP contribution in [0.4, 0.5) is 0 Å². The molecule has 0 aromatic rings. The molecule has 0 amide bonds. The molecule has 0 N–H and O–H groups in total. The van der Waals surface area contributed by atoms with Crippen molar-refractivity contribution >= 4 is 0 Å². The molecular weight excluding hydrogens is 154 g/mol. The Bertz CT molecular complexity index is 233. The first kappa shape index (κ1) is 8.97. The van der Waals surface area contributed by atoms with Gasteiger partial charge in [0.2, 0.25) is 6.04 Å². The quantitative estimate of drug-likeness (QED) is 0.444. The van der Waals surface area contributed by atoms with Gasteiger partial charge in [0.15, 0.2) is 0 Å². The molecule has 0 fully saturated rings. The first-order valence-electron chi connectivity index (χ1n) is 4.08. The monoisotopic (exact) mass is 167 g/mol. The standard InChI is InChI=1S/C9H13NO2/c1-7-3-5-9(10(11)12)6-4-8(7)2/h3-4,9H,5-6H2,1-2H3. The van der Waals surface area contributed by atoms with Gasteiger partial charge in [-0.05, 0) is 13.8 Å². The summed E-state index contributed by atoms with van der Waals surface area (Å²) in [6, 6.07) is -0.419. The van der Waals surface area contributed by atoms with E-state index in [2.05, 4.69) is 0 Å². The summed E-state index contributed by atoms with van der Waals surface area (Å²) >= 11 is 0. The van der Waals surface area contributed by atoms with Crippen molar-refractivity contribution in [2.45, 2.75) is 32.7 Å². The highest BCUT2D eigenvalue weighted by Crippen LogP contribution is 2.18. The maximum absolute atomic E-state index is 10.5. The van der Waals surface area contributed by atoms with Gasteiger partial charge in [-0.25, -0.2) is 0 Å². The van der Waals surface area contributed by atoms with Crippen molar-refractivity contribution in [3.05, 3.63) is 33.4 Å². The van der Waals surface area contributed by atoms with Gasteiger partial charge in [0.1, 0.15) is 0 Å². The van der Waals surface area contributed by atoms with Crippen LogP contribution in [0.5, 0.6) is 0 Å². The van der Waals surface area contributed by atoms with E-state index in [1.807, 2.05) is 26.0 Å². The highest BCUT2D eigenvalue weighted by molar-refractivity contribution is 5.28. The molecule has 0 aliphatic heterocycles. The summed E-state index contributed by atoms with van der Waals surface area (Å²) < 4.78 is 0. The summed E-state index contributed by atoms with van der Waals surface area (Å²) in [6.07, 6.45) is 5.03. The third kappa shape index (κ3) is 1.94. The topological polar surface area (TPSA) is 43.1 Å². The van der Waals surface area contributed by atoms with Gasteiger partial charge in [-0.1, -0.05) is 23.3 Å². The van der Waals surface area contributed by atoms with E-state index in [4.69, 9.17) is 0 Å². The maximum Gasteiger partial charge on any atom is 0.220 e. The number of hydrogen-bond acceptors (Lipinski definition) is 2. The van der Waals surface area contributed by atoms with Crippen molar-refractivity contribution in [3.8, 4) is 0 Å². The average molecular weight is 167 g/mol. The summed E-state index contributed by atoms with van der Waals surface area (Å²) in [4.78, 5) is 10.3. The fraction of sp³-hybridized carbons (Fsp3) is 0.556. The largest absolute Gasteiger partial charge is 0.264 e. The second-order valence-corrected chi connectivity index (χ2v) is 3.18. The molecule has 0 aromatic heterocycles. The molecule has 3 heteroatoms. The molecule has 0 aromatic carbocycles. The lowest BCUT2D eigenvalue weighted by atomic mass is 10.1. The Morgan fingerprint density at radius 2 is 1.75 bits per heavy atom. The van der Waals surface area contributed by atoms with Crippen LogP contribution in [0.15, 0.2) is 23.3 Å². The van der Waals surface area contributed by atoms with Crippen molar-refractivity contribution in [1.82, 2.24) is 0 Å². The highest BCUT2D eigenvalue weighted by Gasteiger charge is 2.19. The van der Waals surface area contributed by atoms with E-state index in [1.165, 1.54) is 11.1 Å². The Balaban J connectivity index is 2.76. The van der Waals surface area contributed by atoms with E-state index in [0.29, 0.717) is 12.8 Å². The van der Waals surface area contributed by atoms with E-state index in [0.717, 1.165) is 0 Å². The lowest BCUT2D eigenvalue weighted by Crippen LogP contribution is -2.16. The molecule has 0 spiro atoms. The molecule has 0 atom stereocenters. The fourth-order valence-electron chi connectivity index (χ4n) is 1.22. The van der Waals surface area contributed by atoms with Crippen molar-refractivity contribution in [3.63, 3.8) is 0 Å². The average Bonchev–Trinajstić information content (AvgIpc) is 2.16. The lowest BCUT2D eigenvalue weighted by Gasteiger charge is -2.00. The van der Waals surface area contributed by atoms with Gasteiger partial charge in [-0.15, -0.1) is 0 Å². The Hall–Kier alpha value is -1.12. The second-order valence-electron chi connectivity index (χ2n) is 3.18. The Morgan fingerprint density at radius 3 is 2.08 bits per heavy atom. The zero-order valence-corrected chi connectivity index (χ0v) is 7.41. The second kappa shape index (κ2) is 3.52. The van der Waals surface area contributed by atoms with Gasteiger partial charge in [-0.3, -0.25) is 10.1 Å². The number of allylic oxidation sites excluding steroid dienone is 2. The first-order valence-corrected chi connectivity index (χ1v) is 4.08. The van der Waals surface area contributed by atoms with Crippen LogP contribution in [-0.4, -0.2) is 11.0 Å². The van der Waals surface area contributed by atoms with Gasteiger partial charge in [0.25, 0.3) is 0 Å². The van der Waals surface area contributed by atoms with E-state index >= 15 is 0 Å². The molecular formula is C9H13NO2. The van der Waals surface area contributed by atoms with E-state index in [1.54, 1.807) is 0 Å². The van der Waals surface area contributed by atoms with Crippen LogP contribution in [-0.2, 0) is 0 Å². The lowest BCUT2D eigenvalue weighted by molar-refractivity contribution is -0.520. The minimum atomic E-state index is -0.419. The molecule has 3 nitrogen and oxygen atoms in total. The number of nitro groups is 1. The molecule has 0 saturated carbocycles. The van der Waals surface area contributed by atoms with Crippen LogP contribution in [0.2, 0.25) is 0 Å². The molecule has 0 saturated heterocycles. The normalized spacial score (nSPS) is 19.5. The summed E-state index contributed by atoms with van der Waals surface area (Å²) in [7, 11) is 0. The highest BCUT2D eigenvalue weighted by atomic mass is 16.6. The Kier molecular flexibility index (Phi) is 2.63. The number of hydrogen-bond donors (Lipinski definition) is 0. The van der Waals surface area contributed by atoms with E-state index in [-0.39, 0.29) is 4.92 Å². The van der Waals surface area contributed by atoms with Crippen molar-refractivity contribution in [2.24, 2.45) is 0 Å². The fourth-order valence-corrected chi connectivity index (χ4v) is 1.22. The molecule has 12 heavy (non-hydrogen) atoms. The predicted octanol–water partition coefficient (Wildman–Crippen LogP) is 2.32. The first-order chi connectivity index (χ1) is 5.61. The third-order valence-corrected chi connectivity index (χ3v) is 2.31. The number of nitrogens with zero attached hydrogens (tertiary/aromatic N) is 1. The van der Waals surface area contributed by atoms with Crippen molar-refractivity contribution < 1.29 is 4.92 Å². The molecule has 1 rings (SSSR count). The molecule has 0 bridgehead atoms. The summed E-state index contributed by atoms with van der Waals surface area (Å²) in [5, 5.41) is 10.5. The Labute approximate surface area is 71.9 Å².